The van der Waals surface area contributed by atoms with Crippen molar-refractivity contribution in [3.63, 3.8) is 0 Å². The lowest BCUT2D eigenvalue weighted by Crippen LogP contribution is -2.39. The first-order chi connectivity index (χ1) is 15.8. The molecule has 0 spiro atoms. The van der Waals surface area contributed by atoms with E-state index in [4.69, 9.17) is 22.8 Å². The fourth-order valence-electron chi connectivity index (χ4n) is 3.68. The molecule has 1 aliphatic heterocycles. The van der Waals surface area contributed by atoms with E-state index in [0.29, 0.717) is 19.0 Å². The maximum atomic E-state index is 13.2. The van der Waals surface area contributed by atoms with Gasteiger partial charge in [-0.1, -0.05) is 47.9 Å². The highest BCUT2D eigenvalue weighted by molar-refractivity contribution is 7.89. The summed E-state index contributed by atoms with van der Waals surface area (Å²) in [6.45, 7) is 0.238. The lowest BCUT2D eigenvalue weighted by atomic mass is 9.91. The molecule has 33 heavy (non-hydrogen) atoms. The quantitative estimate of drug-likeness (QED) is 0.455. The molecule has 174 valence electrons. The van der Waals surface area contributed by atoms with E-state index in [1.165, 1.54) is 28.1 Å². The molecule has 3 rings (SSSR count). The summed E-state index contributed by atoms with van der Waals surface area (Å²) in [5.74, 6) is 1.25. The number of carbonyl (C=O) groups excluding carboxylic acids is 2. The molecule has 7 nitrogen and oxygen atoms in total. The highest BCUT2D eigenvalue weighted by Crippen LogP contribution is 2.30. The highest BCUT2D eigenvalue weighted by Gasteiger charge is 2.31. The minimum atomic E-state index is -3.90. The van der Waals surface area contributed by atoms with Crippen LogP contribution in [-0.2, 0) is 26.0 Å². The Morgan fingerprint density at radius 3 is 2.52 bits per heavy atom. The maximum Gasteiger partial charge on any atom is 0.338 e. The number of esters is 1. The Labute approximate surface area is 199 Å². The molecule has 1 aliphatic rings. The van der Waals surface area contributed by atoms with Gasteiger partial charge in [-0.25, -0.2) is 13.2 Å². The molecule has 1 amide bonds. The smallest absolute Gasteiger partial charge is 0.338 e. The fourth-order valence-corrected chi connectivity index (χ4v) is 5.65. The van der Waals surface area contributed by atoms with Gasteiger partial charge < -0.3 is 10.1 Å². The predicted molar refractivity (Wildman–Crippen MR) is 125 cm³/mol. The largest absolute Gasteiger partial charge is 0.452 e. The minimum absolute atomic E-state index is 0.0123. The summed E-state index contributed by atoms with van der Waals surface area (Å²) in [4.78, 5) is 23.7. The SMILES string of the molecule is C#CCNC(=O)COC(=O)c1ccc(Cl)c(S(=O)(=O)N2CCC(Cc3ccccc3)CC2)c1. The Kier molecular flexibility index (Phi) is 8.50. The number of sulfonamides is 1. The summed E-state index contributed by atoms with van der Waals surface area (Å²) in [5.41, 5.74) is 1.22. The first-order valence-corrected chi connectivity index (χ1v) is 12.3. The van der Waals surface area contributed by atoms with Gasteiger partial charge in [0.1, 0.15) is 4.90 Å². The number of hydrogen-bond donors (Lipinski definition) is 1. The summed E-state index contributed by atoms with van der Waals surface area (Å²) < 4.78 is 32.8. The van der Waals surface area contributed by atoms with Gasteiger partial charge in [-0.2, -0.15) is 4.31 Å². The van der Waals surface area contributed by atoms with Crippen LogP contribution in [0.3, 0.4) is 0 Å². The van der Waals surface area contributed by atoms with Gasteiger partial charge in [0.05, 0.1) is 17.1 Å². The van der Waals surface area contributed by atoms with Crippen molar-refractivity contribution in [2.45, 2.75) is 24.2 Å². The zero-order valence-electron chi connectivity index (χ0n) is 18.0. The van der Waals surface area contributed by atoms with Crippen LogP contribution in [0.2, 0.25) is 5.02 Å². The zero-order chi connectivity index (χ0) is 23.8. The van der Waals surface area contributed by atoms with Crippen LogP contribution in [0, 0.1) is 18.3 Å². The van der Waals surface area contributed by atoms with Crippen LogP contribution in [-0.4, -0.2) is 50.8 Å². The molecule has 1 fully saturated rings. The van der Waals surface area contributed by atoms with E-state index in [0.717, 1.165) is 19.3 Å². The molecule has 0 radical (unpaired) electrons. The Morgan fingerprint density at radius 2 is 1.85 bits per heavy atom. The molecular formula is C24H25ClN2O5S. The number of nitrogens with zero attached hydrogens (tertiary/aromatic N) is 1. The molecule has 0 bridgehead atoms. The van der Waals surface area contributed by atoms with Gasteiger partial charge in [-0.05, 0) is 48.9 Å². The number of halogens is 1. The second-order valence-corrected chi connectivity index (χ2v) is 10.1. The summed E-state index contributed by atoms with van der Waals surface area (Å²) in [6, 6.07) is 14.0. The van der Waals surface area contributed by atoms with Gasteiger partial charge in [-0.15, -0.1) is 6.42 Å². The lowest BCUT2D eigenvalue weighted by molar-refractivity contribution is -0.123. The van der Waals surface area contributed by atoms with Crippen molar-refractivity contribution >= 4 is 33.5 Å². The van der Waals surface area contributed by atoms with Crippen LogP contribution < -0.4 is 5.32 Å². The van der Waals surface area contributed by atoms with E-state index in [1.54, 1.807) is 0 Å². The Balaban J connectivity index is 1.65. The van der Waals surface area contributed by atoms with Crippen molar-refractivity contribution in [3.8, 4) is 12.3 Å². The van der Waals surface area contributed by atoms with Gasteiger partial charge in [0, 0.05) is 13.1 Å². The summed E-state index contributed by atoms with van der Waals surface area (Å²) in [6.07, 6.45) is 7.43. The van der Waals surface area contributed by atoms with Gasteiger partial charge in [-0.3, -0.25) is 4.79 Å². The molecule has 2 aromatic carbocycles. The molecule has 2 aromatic rings. The van der Waals surface area contributed by atoms with Gasteiger partial charge in [0.25, 0.3) is 5.91 Å². The number of terminal acetylenes is 1. The lowest BCUT2D eigenvalue weighted by Gasteiger charge is -2.31. The molecule has 1 saturated heterocycles. The molecule has 0 saturated carbocycles. The third kappa shape index (κ3) is 6.57. The van der Waals surface area contributed by atoms with Crippen LogP contribution in [0.15, 0.2) is 53.4 Å². The number of hydrogen-bond acceptors (Lipinski definition) is 5. The molecule has 0 unspecified atom stereocenters. The van der Waals surface area contributed by atoms with Crippen LogP contribution in [0.4, 0.5) is 0 Å². The number of benzene rings is 2. The van der Waals surface area contributed by atoms with Crippen molar-refractivity contribution in [2.75, 3.05) is 26.2 Å². The molecule has 9 heteroatoms. The second kappa shape index (κ2) is 11.3. The summed E-state index contributed by atoms with van der Waals surface area (Å²) >= 11 is 6.18. The number of carbonyl (C=O) groups is 2. The second-order valence-electron chi connectivity index (χ2n) is 7.74. The Bertz CT molecular complexity index is 1140. The van der Waals surface area contributed by atoms with Gasteiger partial charge >= 0.3 is 5.97 Å². The molecule has 0 aliphatic carbocycles. The molecule has 0 aromatic heterocycles. The maximum absolute atomic E-state index is 13.2. The fraction of sp³-hybridized carbons (Fsp3) is 0.333. The minimum Gasteiger partial charge on any atom is -0.452 e. The van der Waals surface area contributed by atoms with Crippen LogP contribution >= 0.6 is 11.6 Å². The van der Waals surface area contributed by atoms with E-state index in [-0.39, 0.29) is 22.0 Å². The van der Waals surface area contributed by atoms with E-state index in [1.807, 2.05) is 18.2 Å². The highest BCUT2D eigenvalue weighted by atomic mass is 35.5. The Hall–Kier alpha value is -2.86. The monoisotopic (exact) mass is 488 g/mol. The van der Waals surface area contributed by atoms with Crippen molar-refractivity contribution in [1.29, 1.82) is 0 Å². The van der Waals surface area contributed by atoms with Gasteiger partial charge in [0.15, 0.2) is 6.61 Å². The number of piperidine rings is 1. The third-order valence-electron chi connectivity index (χ3n) is 5.45. The van der Waals surface area contributed by atoms with E-state index < -0.39 is 28.5 Å². The van der Waals surface area contributed by atoms with Crippen molar-refractivity contribution in [1.82, 2.24) is 9.62 Å². The number of rotatable bonds is 8. The summed E-state index contributed by atoms with van der Waals surface area (Å²) in [7, 11) is -3.90. The van der Waals surface area contributed by atoms with Gasteiger partial charge in [0.2, 0.25) is 10.0 Å². The summed E-state index contributed by atoms with van der Waals surface area (Å²) in [5, 5.41) is 2.39. The average molecular weight is 489 g/mol. The normalized spacial score (nSPS) is 14.9. The average Bonchev–Trinajstić information content (AvgIpc) is 2.82. The van der Waals surface area contributed by atoms with Crippen LogP contribution in [0.5, 0.6) is 0 Å². The number of amides is 1. The van der Waals surface area contributed by atoms with E-state index in [9.17, 15) is 18.0 Å². The van der Waals surface area contributed by atoms with E-state index in [2.05, 4.69) is 23.4 Å². The molecule has 0 atom stereocenters. The molecule has 1 N–H and O–H groups in total. The van der Waals surface area contributed by atoms with Crippen LogP contribution in [0.1, 0.15) is 28.8 Å². The standard InChI is InChI=1S/C24H25ClN2O5S/c1-2-12-26-23(28)17-32-24(29)20-8-9-21(25)22(16-20)33(30,31)27-13-10-19(11-14-27)15-18-6-4-3-5-7-18/h1,3-9,16,19H,10-15,17H2,(H,26,28). The molecule has 1 heterocycles. The number of ether oxygens (including phenoxy) is 1. The Morgan fingerprint density at radius 1 is 1.15 bits per heavy atom. The van der Waals surface area contributed by atoms with E-state index >= 15 is 0 Å². The third-order valence-corrected chi connectivity index (χ3v) is 7.83. The van der Waals surface area contributed by atoms with Crippen molar-refractivity contribution < 1.29 is 22.7 Å². The number of nitrogens with one attached hydrogen (secondary N) is 1. The van der Waals surface area contributed by atoms with Crippen molar-refractivity contribution in [2.24, 2.45) is 5.92 Å². The molecular weight excluding hydrogens is 464 g/mol. The zero-order valence-corrected chi connectivity index (χ0v) is 19.6. The topological polar surface area (TPSA) is 92.8 Å². The predicted octanol–water partition coefficient (Wildman–Crippen LogP) is 2.89. The van der Waals surface area contributed by atoms with Crippen molar-refractivity contribution in [3.05, 3.63) is 64.7 Å². The first kappa shape index (κ1) is 24.8. The first-order valence-electron chi connectivity index (χ1n) is 10.5. The van der Waals surface area contributed by atoms with Crippen LogP contribution in [0.25, 0.3) is 0 Å².